The summed E-state index contributed by atoms with van der Waals surface area (Å²) in [5.74, 6) is 1.20. The Hall–Kier alpha value is -4.51. The van der Waals surface area contributed by atoms with Gasteiger partial charge in [-0.3, -0.25) is 9.10 Å². The maximum atomic E-state index is 13.7. The summed E-state index contributed by atoms with van der Waals surface area (Å²) < 4.78 is 49.8. The summed E-state index contributed by atoms with van der Waals surface area (Å²) in [5.41, 5.74) is 3.36. The Morgan fingerprint density at radius 3 is 2.21 bits per heavy atom. The lowest BCUT2D eigenvalue weighted by atomic mass is 10.2. The number of hydrogen-bond donors (Lipinski definition) is 1. The van der Waals surface area contributed by atoms with Gasteiger partial charge in [0.25, 0.3) is 15.9 Å². The Kier molecular flexibility index (Phi) is 10.3. The first-order valence-electron chi connectivity index (χ1n) is 12.0. The second kappa shape index (κ2) is 13.9. The van der Waals surface area contributed by atoms with Crippen LogP contribution in [0.1, 0.15) is 12.5 Å². The summed E-state index contributed by atoms with van der Waals surface area (Å²) >= 11 is 0. The van der Waals surface area contributed by atoms with Crippen LogP contribution >= 0.6 is 0 Å². The Balaban J connectivity index is 1.83. The third kappa shape index (κ3) is 7.74. The number of benzene rings is 3. The molecule has 1 N–H and O–H groups in total. The number of anilines is 1. The fourth-order valence-corrected chi connectivity index (χ4v) is 4.88. The number of carbonyl (C=O) groups excluding carboxylic acids is 1. The number of hydrogen-bond acceptors (Lipinski definition) is 8. The van der Waals surface area contributed by atoms with Crippen LogP contribution in [0, 0.1) is 0 Å². The molecule has 206 valence electrons. The molecule has 3 rings (SSSR count). The zero-order valence-electron chi connectivity index (χ0n) is 22.0. The highest BCUT2D eigenvalue weighted by molar-refractivity contribution is 7.92. The minimum atomic E-state index is -4.20. The van der Waals surface area contributed by atoms with Crippen molar-refractivity contribution < 1.29 is 32.2 Å². The Bertz CT molecular complexity index is 1390. The molecule has 0 radical (unpaired) electrons. The summed E-state index contributed by atoms with van der Waals surface area (Å²) in [6.45, 7) is 5.76. The van der Waals surface area contributed by atoms with Crippen LogP contribution in [0.3, 0.4) is 0 Å². The van der Waals surface area contributed by atoms with Gasteiger partial charge >= 0.3 is 0 Å². The molecule has 0 atom stereocenters. The lowest BCUT2D eigenvalue weighted by molar-refractivity contribution is -0.119. The van der Waals surface area contributed by atoms with E-state index < -0.39 is 22.5 Å². The maximum absolute atomic E-state index is 13.7. The average Bonchev–Trinajstić information content (AvgIpc) is 2.95. The topological polar surface area (TPSA) is 116 Å². The zero-order chi connectivity index (χ0) is 28.3. The fourth-order valence-electron chi connectivity index (χ4n) is 3.44. The van der Waals surface area contributed by atoms with Crippen molar-refractivity contribution in [2.45, 2.75) is 11.8 Å². The van der Waals surface area contributed by atoms with E-state index in [4.69, 9.17) is 18.9 Å². The van der Waals surface area contributed by atoms with Crippen LogP contribution in [-0.2, 0) is 14.8 Å². The lowest BCUT2D eigenvalue weighted by Crippen LogP contribution is -2.39. The van der Waals surface area contributed by atoms with Gasteiger partial charge in [-0.05, 0) is 73.2 Å². The summed E-state index contributed by atoms with van der Waals surface area (Å²) in [7, 11) is -1.34. The number of carbonyl (C=O) groups is 1. The highest BCUT2D eigenvalue weighted by Gasteiger charge is 2.28. The van der Waals surface area contributed by atoms with Gasteiger partial charge in [0.15, 0.2) is 11.5 Å². The summed E-state index contributed by atoms with van der Waals surface area (Å²) in [4.78, 5) is 12.8. The molecule has 0 bridgehead atoms. The van der Waals surface area contributed by atoms with Crippen LogP contribution in [0.4, 0.5) is 5.69 Å². The predicted molar refractivity (Wildman–Crippen MR) is 150 cm³/mol. The van der Waals surface area contributed by atoms with E-state index >= 15 is 0 Å². The van der Waals surface area contributed by atoms with Crippen molar-refractivity contribution in [3.63, 3.8) is 0 Å². The molecule has 1 amide bonds. The Morgan fingerprint density at radius 1 is 0.949 bits per heavy atom. The molecule has 3 aromatic carbocycles. The molecule has 0 aliphatic rings. The van der Waals surface area contributed by atoms with Crippen molar-refractivity contribution in [3.05, 3.63) is 84.9 Å². The van der Waals surface area contributed by atoms with Crippen molar-refractivity contribution in [1.29, 1.82) is 0 Å². The number of nitrogens with one attached hydrogen (secondary N) is 1. The first kappa shape index (κ1) is 29.1. The van der Waals surface area contributed by atoms with Crippen molar-refractivity contribution >= 4 is 27.8 Å². The summed E-state index contributed by atoms with van der Waals surface area (Å²) in [6, 6.07) is 17.7. The van der Waals surface area contributed by atoms with E-state index in [2.05, 4.69) is 17.1 Å². The number of sulfonamides is 1. The van der Waals surface area contributed by atoms with E-state index in [0.29, 0.717) is 36.0 Å². The SMILES string of the molecule is C=CCOc1ccc(/C=N\NC(=O)CN(c2ccc(OCC)cc2)S(=O)(=O)c2ccc(OC)c(OC)c2)cc1. The Morgan fingerprint density at radius 2 is 1.59 bits per heavy atom. The third-order valence-electron chi connectivity index (χ3n) is 5.32. The summed E-state index contributed by atoms with van der Waals surface area (Å²) in [5, 5.41) is 3.96. The molecule has 0 saturated heterocycles. The number of hydrazone groups is 1. The normalized spacial score (nSPS) is 11.1. The third-order valence-corrected chi connectivity index (χ3v) is 7.09. The van der Waals surface area contributed by atoms with Gasteiger partial charge in [-0.25, -0.2) is 13.8 Å². The second-order valence-electron chi connectivity index (χ2n) is 7.92. The monoisotopic (exact) mass is 553 g/mol. The van der Waals surface area contributed by atoms with E-state index in [1.165, 1.54) is 38.6 Å². The van der Waals surface area contributed by atoms with Crippen LogP contribution in [-0.4, -0.2) is 54.5 Å². The molecular weight excluding hydrogens is 522 g/mol. The van der Waals surface area contributed by atoms with Crippen molar-refractivity contribution in [3.8, 4) is 23.0 Å². The van der Waals surface area contributed by atoms with E-state index in [0.717, 1.165) is 4.31 Å². The molecule has 0 aliphatic carbocycles. The highest BCUT2D eigenvalue weighted by Crippen LogP contribution is 2.32. The number of nitrogens with zero attached hydrogens (tertiary/aromatic N) is 2. The van der Waals surface area contributed by atoms with Gasteiger partial charge in [-0.1, -0.05) is 12.7 Å². The molecule has 0 aromatic heterocycles. The molecule has 0 saturated carbocycles. The van der Waals surface area contributed by atoms with Gasteiger partial charge in [0.2, 0.25) is 0 Å². The number of rotatable bonds is 14. The number of ether oxygens (including phenoxy) is 4. The van der Waals surface area contributed by atoms with E-state index in [1.54, 1.807) is 54.6 Å². The number of methoxy groups -OCH3 is 2. The van der Waals surface area contributed by atoms with Crippen LogP contribution in [0.15, 0.2) is 89.4 Å². The van der Waals surface area contributed by atoms with Crippen LogP contribution in [0.5, 0.6) is 23.0 Å². The molecule has 0 unspecified atom stereocenters. The van der Waals surface area contributed by atoms with Crippen LogP contribution < -0.4 is 28.7 Å². The lowest BCUT2D eigenvalue weighted by Gasteiger charge is -2.24. The van der Waals surface area contributed by atoms with Gasteiger partial charge in [-0.2, -0.15) is 5.10 Å². The van der Waals surface area contributed by atoms with Gasteiger partial charge < -0.3 is 18.9 Å². The van der Waals surface area contributed by atoms with Gasteiger partial charge in [0.1, 0.15) is 24.7 Å². The standard InChI is InChI=1S/C28H31N3O7S/c1-5-17-38-24-11-7-21(8-12-24)19-29-30-28(32)20-31(22-9-13-23(14-10-22)37-6-2)39(33,34)25-15-16-26(35-3)27(18-25)36-4/h5,7-16,18-19H,1,6,17,20H2,2-4H3,(H,30,32)/b29-19-. The molecule has 0 fully saturated rings. The van der Waals surface area contributed by atoms with Crippen molar-refractivity contribution in [2.24, 2.45) is 5.10 Å². The minimum Gasteiger partial charge on any atom is -0.494 e. The summed E-state index contributed by atoms with van der Waals surface area (Å²) in [6.07, 6.45) is 3.09. The molecule has 11 heteroatoms. The first-order chi connectivity index (χ1) is 18.8. The zero-order valence-corrected chi connectivity index (χ0v) is 22.8. The smallest absolute Gasteiger partial charge is 0.264 e. The molecular formula is C28H31N3O7S. The average molecular weight is 554 g/mol. The molecule has 0 aliphatic heterocycles. The van der Waals surface area contributed by atoms with Gasteiger partial charge in [0.05, 0.1) is 37.6 Å². The molecule has 0 spiro atoms. The van der Waals surface area contributed by atoms with Gasteiger partial charge in [0, 0.05) is 6.07 Å². The van der Waals surface area contributed by atoms with E-state index in [9.17, 15) is 13.2 Å². The molecule has 39 heavy (non-hydrogen) atoms. The van der Waals surface area contributed by atoms with Crippen LogP contribution in [0.25, 0.3) is 0 Å². The molecule has 0 heterocycles. The number of amides is 1. The minimum absolute atomic E-state index is 0.0795. The maximum Gasteiger partial charge on any atom is 0.264 e. The van der Waals surface area contributed by atoms with E-state index in [-0.39, 0.29) is 16.3 Å². The molecule has 3 aromatic rings. The fraction of sp³-hybridized carbons (Fsp3) is 0.214. The molecule has 10 nitrogen and oxygen atoms in total. The van der Waals surface area contributed by atoms with Crippen molar-refractivity contribution in [1.82, 2.24) is 5.43 Å². The second-order valence-corrected chi connectivity index (χ2v) is 9.78. The first-order valence-corrected chi connectivity index (χ1v) is 13.4. The largest absolute Gasteiger partial charge is 0.494 e. The highest BCUT2D eigenvalue weighted by atomic mass is 32.2. The van der Waals surface area contributed by atoms with Gasteiger partial charge in [-0.15, -0.1) is 0 Å². The Labute approximate surface area is 228 Å². The quantitative estimate of drug-likeness (QED) is 0.182. The van der Waals surface area contributed by atoms with Crippen LogP contribution in [0.2, 0.25) is 0 Å². The predicted octanol–water partition coefficient (Wildman–Crippen LogP) is 4.01. The van der Waals surface area contributed by atoms with Crippen molar-refractivity contribution in [2.75, 3.05) is 38.3 Å². The van der Waals surface area contributed by atoms with E-state index in [1.807, 2.05) is 6.92 Å².